The van der Waals surface area contributed by atoms with Gasteiger partial charge in [0, 0.05) is 37.0 Å². The Balaban J connectivity index is 1.74. The minimum atomic E-state index is -0.332. The first kappa shape index (κ1) is 18.2. The zero-order valence-electron chi connectivity index (χ0n) is 15.2. The summed E-state index contributed by atoms with van der Waals surface area (Å²) < 4.78 is 0. The third-order valence-corrected chi connectivity index (χ3v) is 5.21. The Labute approximate surface area is 140 Å². The predicted octanol–water partition coefficient (Wildman–Crippen LogP) is 1.87. The summed E-state index contributed by atoms with van der Waals surface area (Å²) in [4.78, 5) is 29.0. The van der Waals surface area contributed by atoms with E-state index < -0.39 is 0 Å². The summed E-state index contributed by atoms with van der Waals surface area (Å²) in [6, 6.07) is 0.506. The normalized spacial score (nSPS) is 24.0. The van der Waals surface area contributed by atoms with Gasteiger partial charge in [0.2, 0.25) is 11.8 Å². The minimum Gasteiger partial charge on any atom is -0.354 e. The highest BCUT2D eigenvalue weighted by Gasteiger charge is 2.32. The van der Waals surface area contributed by atoms with E-state index >= 15 is 0 Å². The number of likely N-dealkylation sites (N-methyl/N-ethyl adjacent to an activating group) is 1. The third kappa shape index (κ3) is 4.69. The molecule has 1 N–H and O–H groups in total. The topological polar surface area (TPSA) is 52.7 Å². The molecular weight excluding hydrogens is 290 g/mol. The van der Waals surface area contributed by atoms with E-state index in [2.05, 4.69) is 17.1 Å². The molecule has 2 heterocycles. The largest absolute Gasteiger partial charge is 0.354 e. The van der Waals surface area contributed by atoms with E-state index in [0.717, 1.165) is 32.5 Å². The molecule has 0 radical (unpaired) electrons. The Morgan fingerprint density at radius 3 is 2.30 bits per heavy atom. The standard InChI is InChI=1S/C18H33N3O2/c1-5-20-10-6-7-15(20)13-19-16(22)14-8-11-21(12-9-14)17(23)18(2,3)4/h14-15H,5-13H2,1-4H3,(H,19,22). The molecule has 2 fully saturated rings. The van der Waals surface area contributed by atoms with Gasteiger partial charge in [-0.3, -0.25) is 14.5 Å². The van der Waals surface area contributed by atoms with Crippen LogP contribution in [0.4, 0.5) is 0 Å². The molecule has 2 saturated heterocycles. The zero-order valence-corrected chi connectivity index (χ0v) is 15.2. The van der Waals surface area contributed by atoms with Gasteiger partial charge in [0.15, 0.2) is 0 Å². The van der Waals surface area contributed by atoms with Gasteiger partial charge in [0.1, 0.15) is 0 Å². The number of nitrogens with zero attached hydrogens (tertiary/aromatic N) is 2. The van der Waals surface area contributed by atoms with Gasteiger partial charge in [-0.1, -0.05) is 27.7 Å². The van der Waals surface area contributed by atoms with E-state index in [1.807, 2.05) is 25.7 Å². The van der Waals surface area contributed by atoms with E-state index in [1.54, 1.807) is 0 Å². The lowest BCUT2D eigenvalue weighted by molar-refractivity contribution is -0.142. The van der Waals surface area contributed by atoms with Crippen molar-refractivity contribution in [3.05, 3.63) is 0 Å². The van der Waals surface area contributed by atoms with E-state index in [1.165, 1.54) is 12.8 Å². The molecule has 0 saturated carbocycles. The van der Waals surface area contributed by atoms with Gasteiger partial charge in [-0.05, 0) is 38.8 Å². The lowest BCUT2D eigenvalue weighted by Gasteiger charge is -2.35. The van der Waals surface area contributed by atoms with Crippen LogP contribution in [0.15, 0.2) is 0 Å². The second-order valence-electron chi connectivity index (χ2n) is 7.99. The fraction of sp³-hybridized carbons (Fsp3) is 0.889. The molecule has 1 unspecified atom stereocenters. The molecule has 5 nitrogen and oxygen atoms in total. The molecule has 0 aromatic carbocycles. The van der Waals surface area contributed by atoms with Gasteiger partial charge in [0.05, 0.1) is 0 Å². The summed E-state index contributed by atoms with van der Waals surface area (Å²) in [6.07, 6.45) is 4.00. The number of hydrogen-bond donors (Lipinski definition) is 1. The Hall–Kier alpha value is -1.10. The Morgan fingerprint density at radius 1 is 1.09 bits per heavy atom. The maximum Gasteiger partial charge on any atom is 0.227 e. The van der Waals surface area contributed by atoms with Crippen LogP contribution in [-0.2, 0) is 9.59 Å². The fourth-order valence-corrected chi connectivity index (χ4v) is 3.72. The summed E-state index contributed by atoms with van der Waals surface area (Å²) in [7, 11) is 0. The molecule has 23 heavy (non-hydrogen) atoms. The molecule has 2 rings (SSSR count). The summed E-state index contributed by atoms with van der Waals surface area (Å²) in [5.74, 6) is 0.437. The van der Waals surface area contributed by atoms with Crippen LogP contribution >= 0.6 is 0 Å². The van der Waals surface area contributed by atoms with Crippen molar-refractivity contribution in [3.63, 3.8) is 0 Å². The van der Waals surface area contributed by atoms with Gasteiger partial charge in [-0.15, -0.1) is 0 Å². The van der Waals surface area contributed by atoms with Crippen molar-refractivity contribution in [1.29, 1.82) is 0 Å². The van der Waals surface area contributed by atoms with Crippen molar-refractivity contribution in [2.24, 2.45) is 11.3 Å². The number of nitrogens with one attached hydrogen (secondary N) is 1. The van der Waals surface area contributed by atoms with Gasteiger partial charge in [0.25, 0.3) is 0 Å². The van der Waals surface area contributed by atoms with Gasteiger partial charge >= 0.3 is 0 Å². The molecule has 0 aromatic heterocycles. The number of rotatable bonds is 4. The summed E-state index contributed by atoms with van der Waals surface area (Å²) >= 11 is 0. The highest BCUT2D eigenvalue weighted by Crippen LogP contribution is 2.24. The number of piperidine rings is 1. The molecule has 0 aliphatic carbocycles. The number of likely N-dealkylation sites (tertiary alicyclic amines) is 2. The number of carbonyl (C=O) groups excluding carboxylic acids is 2. The Bertz CT molecular complexity index is 422. The molecule has 5 heteroatoms. The highest BCUT2D eigenvalue weighted by atomic mass is 16.2. The minimum absolute atomic E-state index is 0.0653. The van der Waals surface area contributed by atoms with E-state index in [9.17, 15) is 9.59 Å². The van der Waals surface area contributed by atoms with Crippen molar-refractivity contribution in [3.8, 4) is 0 Å². The van der Waals surface area contributed by atoms with E-state index in [-0.39, 0.29) is 23.1 Å². The first-order valence-electron chi connectivity index (χ1n) is 9.14. The van der Waals surface area contributed by atoms with Crippen molar-refractivity contribution in [2.45, 2.75) is 59.4 Å². The average molecular weight is 323 g/mol. The smallest absolute Gasteiger partial charge is 0.227 e. The molecule has 0 spiro atoms. The molecule has 2 aliphatic rings. The molecule has 132 valence electrons. The van der Waals surface area contributed by atoms with Crippen molar-refractivity contribution in [1.82, 2.24) is 15.1 Å². The van der Waals surface area contributed by atoms with Crippen molar-refractivity contribution < 1.29 is 9.59 Å². The molecule has 2 amide bonds. The lowest BCUT2D eigenvalue weighted by atomic mass is 9.90. The van der Waals surface area contributed by atoms with Crippen LogP contribution in [0.25, 0.3) is 0 Å². The second-order valence-corrected chi connectivity index (χ2v) is 7.99. The highest BCUT2D eigenvalue weighted by molar-refractivity contribution is 5.82. The fourth-order valence-electron chi connectivity index (χ4n) is 3.72. The number of amides is 2. The maximum atomic E-state index is 12.4. The van der Waals surface area contributed by atoms with Gasteiger partial charge < -0.3 is 10.2 Å². The van der Waals surface area contributed by atoms with Crippen LogP contribution in [0.2, 0.25) is 0 Å². The van der Waals surface area contributed by atoms with Crippen LogP contribution in [0.5, 0.6) is 0 Å². The van der Waals surface area contributed by atoms with Crippen LogP contribution in [0.3, 0.4) is 0 Å². The lowest BCUT2D eigenvalue weighted by Crippen LogP contribution is -2.48. The van der Waals surface area contributed by atoms with Crippen LogP contribution in [0, 0.1) is 11.3 Å². The first-order valence-corrected chi connectivity index (χ1v) is 9.14. The maximum absolute atomic E-state index is 12.4. The average Bonchev–Trinajstić information content (AvgIpc) is 2.98. The molecular formula is C18H33N3O2. The number of carbonyl (C=O) groups is 2. The predicted molar refractivity (Wildman–Crippen MR) is 92.0 cm³/mol. The van der Waals surface area contributed by atoms with Gasteiger partial charge in [-0.2, -0.15) is 0 Å². The molecule has 1 atom stereocenters. The zero-order chi connectivity index (χ0) is 17.0. The summed E-state index contributed by atoms with van der Waals surface area (Å²) in [6.45, 7) is 12.4. The van der Waals surface area contributed by atoms with Crippen LogP contribution in [0.1, 0.15) is 53.4 Å². The first-order chi connectivity index (χ1) is 10.8. The summed E-state index contributed by atoms with van der Waals surface area (Å²) in [5.41, 5.74) is -0.332. The quantitative estimate of drug-likeness (QED) is 0.859. The van der Waals surface area contributed by atoms with E-state index in [0.29, 0.717) is 19.1 Å². The van der Waals surface area contributed by atoms with Gasteiger partial charge in [-0.25, -0.2) is 0 Å². The van der Waals surface area contributed by atoms with E-state index in [4.69, 9.17) is 0 Å². The van der Waals surface area contributed by atoms with Crippen molar-refractivity contribution in [2.75, 3.05) is 32.7 Å². The summed E-state index contributed by atoms with van der Waals surface area (Å²) in [5, 5.41) is 3.15. The van der Waals surface area contributed by atoms with Crippen LogP contribution in [-0.4, -0.2) is 60.4 Å². The third-order valence-electron chi connectivity index (χ3n) is 5.21. The SMILES string of the molecule is CCN1CCCC1CNC(=O)C1CCN(C(=O)C(C)(C)C)CC1. The van der Waals surface area contributed by atoms with Crippen LogP contribution < -0.4 is 5.32 Å². The molecule has 0 aromatic rings. The monoisotopic (exact) mass is 323 g/mol. The number of hydrogen-bond acceptors (Lipinski definition) is 3. The molecule has 2 aliphatic heterocycles. The molecule has 0 bridgehead atoms. The Morgan fingerprint density at radius 2 is 1.74 bits per heavy atom. The van der Waals surface area contributed by atoms with Crippen molar-refractivity contribution >= 4 is 11.8 Å². The second kappa shape index (κ2) is 7.65. The Kier molecular flexibility index (Phi) is 6.06.